The number of nitrogens with one attached hydrogen (secondary N) is 2. The summed E-state index contributed by atoms with van der Waals surface area (Å²) in [6.45, 7) is 7.51. The standard InChI is InChI=1S/C22H26FN7/c1-15-12-17(4-6-18(15)23)5-7-19-24-20(25-21-13-16(2)27-28-21)14-22(26-19)30-10-8-29(3)9-11-30/h4-7,12-14H,8-11H2,1-3H3,(H2,24,25,26,27,28)/b7-5+. The Morgan fingerprint density at radius 3 is 2.50 bits per heavy atom. The molecule has 3 heterocycles. The lowest BCUT2D eigenvalue weighted by atomic mass is 10.1. The number of halogens is 1. The van der Waals surface area contributed by atoms with Gasteiger partial charge in [0, 0.05) is 44.0 Å². The lowest BCUT2D eigenvalue weighted by molar-refractivity contribution is 0.312. The molecule has 1 aliphatic rings. The van der Waals surface area contributed by atoms with Crippen molar-refractivity contribution in [1.82, 2.24) is 25.1 Å². The van der Waals surface area contributed by atoms with Crippen molar-refractivity contribution < 1.29 is 4.39 Å². The van der Waals surface area contributed by atoms with Gasteiger partial charge in [0.15, 0.2) is 11.6 Å². The fourth-order valence-electron chi connectivity index (χ4n) is 3.34. The van der Waals surface area contributed by atoms with Crippen molar-refractivity contribution in [3.8, 4) is 0 Å². The van der Waals surface area contributed by atoms with Crippen LogP contribution < -0.4 is 10.2 Å². The van der Waals surface area contributed by atoms with E-state index >= 15 is 0 Å². The second-order valence-electron chi connectivity index (χ2n) is 7.66. The van der Waals surface area contributed by atoms with E-state index in [0.717, 1.165) is 43.3 Å². The molecule has 8 heteroatoms. The van der Waals surface area contributed by atoms with Crippen LogP contribution in [-0.4, -0.2) is 58.3 Å². The molecule has 0 radical (unpaired) electrons. The van der Waals surface area contributed by atoms with Crippen LogP contribution in [0.3, 0.4) is 0 Å². The zero-order chi connectivity index (χ0) is 21.1. The number of hydrogen-bond acceptors (Lipinski definition) is 6. The second kappa shape index (κ2) is 8.62. The number of H-pyrrole nitrogens is 1. The molecule has 0 atom stereocenters. The second-order valence-corrected chi connectivity index (χ2v) is 7.66. The maximum absolute atomic E-state index is 13.5. The van der Waals surface area contributed by atoms with Crippen LogP contribution in [0.25, 0.3) is 12.2 Å². The van der Waals surface area contributed by atoms with E-state index in [1.54, 1.807) is 13.0 Å². The lowest BCUT2D eigenvalue weighted by Gasteiger charge is -2.33. The number of rotatable bonds is 5. The highest BCUT2D eigenvalue weighted by molar-refractivity contribution is 5.69. The third kappa shape index (κ3) is 4.83. The number of likely N-dealkylation sites (N-methyl/N-ethyl adjacent to an activating group) is 1. The normalized spacial score (nSPS) is 15.1. The molecule has 0 amide bonds. The van der Waals surface area contributed by atoms with Crippen molar-refractivity contribution in [2.24, 2.45) is 0 Å². The summed E-state index contributed by atoms with van der Waals surface area (Å²) < 4.78 is 13.5. The highest BCUT2D eigenvalue weighted by Gasteiger charge is 2.17. The molecule has 156 valence electrons. The van der Waals surface area contributed by atoms with Crippen LogP contribution in [0.15, 0.2) is 30.3 Å². The van der Waals surface area contributed by atoms with Crippen LogP contribution >= 0.6 is 0 Å². The first-order valence-corrected chi connectivity index (χ1v) is 10.0. The van der Waals surface area contributed by atoms with Gasteiger partial charge in [-0.3, -0.25) is 5.10 Å². The van der Waals surface area contributed by atoms with Crippen molar-refractivity contribution in [2.75, 3.05) is 43.4 Å². The topological polar surface area (TPSA) is 73.0 Å². The number of nitrogens with zero attached hydrogens (tertiary/aromatic N) is 5. The van der Waals surface area contributed by atoms with E-state index in [0.29, 0.717) is 23.0 Å². The fourth-order valence-corrected chi connectivity index (χ4v) is 3.34. The van der Waals surface area contributed by atoms with Crippen molar-refractivity contribution in [3.63, 3.8) is 0 Å². The van der Waals surface area contributed by atoms with E-state index in [1.807, 2.05) is 37.3 Å². The van der Waals surface area contributed by atoms with Gasteiger partial charge in [0.25, 0.3) is 0 Å². The van der Waals surface area contributed by atoms with Gasteiger partial charge >= 0.3 is 0 Å². The van der Waals surface area contributed by atoms with Gasteiger partial charge in [-0.1, -0.05) is 12.1 Å². The summed E-state index contributed by atoms with van der Waals surface area (Å²) in [6, 6.07) is 8.91. The van der Waals surface area contributed by atoms with Crippen LogP contribution in [0.4, 0.5) is 21.8 Å². The van der Waals surface area contributed by atoms with Gasteiger partial charge in [0.05, 0.1) is 0 Å². The minimum absolute atomic E-state index is 0.207. The molecule has 1 fully saturated rings. The van der Waals surface area contributed by atoms with Gasteiger partial charge in [-0.2, -0.15) is 5.10 Å². The van der Waals surface area contributed by atoms with E-state index < -0.39 is 0 Å². The first kappa shape index (κ1) is 20.0. The first-order chi connectivity index (χ1) is 14.5. The smallest absolute Gasteiger partial charge is 0.156 e. The minimum atomic E-state index is -0.207. The van der Waals surface area contributed by atoms with Gasteiger partial charge in [-0.15, -0.1) is 0 Å². The van der Waals surface area contributed by atoms with Crippen LogP contribution in [0.2, 0.25) is 0 Å². The van der Waals surface area contributed by atoms with Gasteiger partial charge in [0.1, 0.15) is 17.5 Å². The predicted octanol–water partition coefficient (Wildman–Crippen LogP) is 3.62. The van der Waals surface area contributed by atoms with Crippen LogP contribution in [0, 0.1) is 19.7 Å². The number of anilines is 3. The molecule has 1 aliphatic heterocycles. The predicted molar refractivity (Wildman–Crippen MR) is 118 cm³/mol. The summed E-state index contributed by atoms with van der Waals surface area (Å²) in [5.74, 6) is 2.65. The van der Waals surface area contributed by atoms with Crippen molar-refractivity contribution in [1.29, 1.82) is 0 Å². The van der Waals surface area contributed by atoms with Crippen molar-refractivity contribution >= 4 is 29.6 Å². The van der Waals surface area contributed by atoms with E-state index in [4.69, 9.17) is 4.98 Å². The molecular formula is C22H26FN7. The Hall–Kier alpha value is -3.26. The average Bonchev–Trinajstić information content (AvgIpc) is 3.14. The molecule has 30 heavy (non-hydrogen) atoms. The number of aromatic nitrogens is 4. The Morgan fingerprint density at radius 2 is 1.80 bits per heavy atom. The fraction of sp³-hybridized carbons (Fsp3) is 0.318. The highest BCUT2D eigenvalue weighted by Crippen LogP contribution is 2.21. The summed E-state index contributed by atoms with van der Waals surface area (Å²) in [6.07, 6.45) is 3.76. The number of benzene rings is 1. The molecule has 7 nitrogen and oxygen atoms in total. The van der Waals surface area contributed by atoms with Crippen LogP contribution in [-0.2, 0) is 0 Å². The third-order valence-electron chi connectivity index (χ3n) is 5.13. The summed E-state index contributed by atoms with van der Waals surface area (Å²) in [7, 11) is 2.13. The number of hydrogen-bond donors (Lipinski definition) is 2. The van der Waals surface area contributed by atoms with E-state index in [-0.39, 0.29) is 5.82 Å². The minimum Gasteiger partial charge on any atom is -0.354 e. The SMILES string of the molecule is Cc1cc(Nc2cc(N3CCN(C)CC3)nc(/C=C/c3ccc(F)c(C)c3)n2)n[nH]1. The molecule has 3 aromatic rings. The maximum Gasteiger partial charge on any atom is 0.156 e. The van der Waals surface area contributed by atoms with Gasteiger partial charge in [-0.05, 0) is 50.2 Å². The summed E-state index contributed by atoms with van der Waals surface area (Å²) in [4.78, 5) is 14.0. The van der Waals surface area contributed by atoms with E-state index in [1.165, 1.54) is 6.07 Å². The Labute approximate surface area is 175 Å². The molecular weight excluding hydrogens is 381 g/mol. The molecule has 2 aromatic heterocycles. The molecule has 1 aromatic carbocycles. The maximum atomic E-state index is 13.5. The zero-order valence-corrected chi connectivity index (χ0v) is 17.5. The third-order valence-corrected chi connectivity index (χ3v) is 5.13. The Balaban J connectivity index is 1.63. The first-order valence-electron chi connectivity index (χ1n) is 10.0. The largest absolute Gasteiger partial charge is 0.354 e. The zero-order valence-electron chi connectivity index (χ0n) is 17.5. The number of aromatic amines is 1. The molecule has 0 aliphatic carbocycles. The van der Waals surface area contributed by atoms with E-state index in [9.17, 15) is 4.39 Å². The Morgan fingerprint density at radius 1 is 1.00 bits per heavy atom. The quantitative estimate of drug-likeness (QED) is 0.673. The Bertz CT molecular complexity index is 1050. The number of aryl methyl sites for hydroxylation is 2. The molecule has 2 N–H and O–H groups in total. The van der Waals surface area contributed by atoms with Crippen LogP contribution in [0.1, 0.15) is 22.6 Å². The molecule has 0 saturated carbocycles. The van der Waals surface area contributed by atoms with Gasteiger partial charge in [-0.25, -0.2) is 14.4 Å². The number of piperazine rings is 1. The van der Waals surface area contributed by atoms with Gasteiger partial charge in [0.2, 0.25) is 0 Å². The lowest BCUT2D eigenvalue weighted by Crippen LogP contribution is -2.44. The molecule has 0 spiro atoms. The molecule has 0 unspecified atom stereocenters. The summed E-state index contributed by atoms with van der Waals surface area (Å²) >= 11 is 0. The van der Waals surface area contributed by atoms with Gasteiger partial charge < -0.3 is 15.1 Å². The Kier molecular flexibility index (Phi) is 5.76. The average molecular weight is 407 g/mol. The molecule has 0 bridgehead atoms. The monoisotopic (exact) mass is 407 g/mol. The van der Waals surface area contributed by atoms with Crippen molar-refractivity contribution in [3.05, 3.63) is 58.8 Å². The van der Waals surface area contributed by atoms with Crippen LogP contribution in [0.5, 0.6) is 0 Å². The molecule has 4 rings (SSSR count). The highest BCUT2D eigenvalue weighted by atomic mass is 19.1. The summed E-state index contributed by atoms with van der Waals surface area (Å²) in [5.41, 5.74) is 2.48. The molecule has 1 saturated heterocycles. The van der Waals surface area contributed by atoms with E-state index in [2.05, 4.69) is 37.3 Å². The summed E-state index contributed by atoms with van der Waals surface area (Å²) in [5, 5.41) is 10.4. The van der Waals surface area contributed by atoms with Crippen molar-refractivity contribution in [2.45, 2.75) is 13.8 Å².